The van der Waals surface area contributed by atoms with Crippen molar-refractivity contribution in [3.63, 3.8) is 0 Å². The maximum absolute atomic E-state index is 10.5. The molecule has 2 aromatic heterocycles. The van der Waals surface area contributed by atoms with Crippen LogP contribution in [0.2, 0.25) is 0 Å². The standard InChI is InChI=1S/C19H22IN5O4/c1-2-28-8-13-15(26)16(27)19(29-13)25-10-24-14-17(22-9-23-18(14)25)21-7-11-4-3-5-12(20)6-11/h3-6,9-10,13,15-16,19,26-27H,2,7-8H2,1H3,(H,21,22,23)/t13-,15-,16-,19-/m1/s1. The number of aliphatic hydroxyl groups is 2. The van der Waals surface area contributed by atoms with Crippen molar-refractivity contribution in [1.29, 1.82) is 0 Å². The fraction of sp³-hybridized carbons (Fsp3) is 0.421. The highest BCUT2D eigenvalue weighted by molar-refractivity contribution is 14.1. The fourth-order valence-corrected chi connectivity index (χ4v) is 3.94. The first-order valence-corrected chi connectivity index (χ1v) is 10.4. The summed E-state index contributed by atoms with van der Waals surface area (Å²) in [7, 11) is 0. The second-order valence-corrected chi connectivity index (χ2v) is 7.98. The SMILES string of the molecule is CCOC[C@H]1O[C@@H](n2cnc3c(NCc4cccc(I)c4)ncnc32)[C@H](O)[C@@H]1O. The number of halogens is 1. The summed E-state index contributed by atoms with van der Waals surface area (Å²) >= 11 is 2.28. The molecule has 3 N–H and O–H groups in total. The molecule has 3 heterocycles. The summed E-state index contributed by atoms with van der Waals surface area (Å²) in [5.41, 5.74) is 2.20. The minimum absolute atomic E-state index is 0.204. The van der Waals surface area contributed by atoms with Gasteiger partial charge in [-0.05, 0) is 47.2 Å². The third-order valence-electron chi connectivity index (χ3n) is 4.81. The predicted molar refractivity (Wildman–Crippen MR) is 114 cm³/mol. The van der Waals surface area contributed by atoms with Gasteiger partial charge in [-0.1, -0.05) is 12.1 Å². The second-order valence-electron chi connectivity index (χ2n) is 6.74. The Kier molecular flexibility index (Phi) is 6.25. The van der Waals surface area contributed by atoms with E-state index in [1.165, 1.54) is 6.33 Å². The van der Waals surface area contributed by atoms with Gasteiger partial charge in [0.15, 0.2) is 23.2 Å². The smallest absolute Gasteiger partial charge is 0.167 e. The summed E-state index contributed by atoms with van der Waals surface area (Å²) in [4.78, 5) is 13.0. The van der Waals surface area contributed by atoms with Crippen LogP contribution in [0.3, 0.4) is 0 Å². The van der Waals surface area contributed by atoms with Gasteiger partial charge in [0.2, 0.25) is 0 Å². The molecule has 0 saturated carbocycles. The van der Waals surface area contributed by atoms with Crippen LogP contribution in [-0.4, -0.2) is 61.3 Å². The van der Waals surface area contributed by atoms with E-state index in [-0.39, 0.29) is 6.61 Å². The van der Waals surface area contributed by atoms with Crippen molar-refractivity contribution in [2.75, 3.05) is 18.5 Å². The summed E-state index contributed by atoms with van der Waals surface area (Å²) in [6, 6.07) is 8.17. The molecule has 0 amide bonds. The van der Waals surface area contributed by atoms with E-state index in [4.69, 9.17) is 9.47 Å². The van der Waals surface area contributed by atoms with Gasteiger partial charge in [-0.3, -0.25) is 4.57 Å². The minimum Gasteiger partial charge on any atom is -0.387 e. The van der Waals surface area contributed by atoms with Crippen molar-refractivity contribution >= 4 is 39.6 Å². The van der Waals surface area contributed by atoms with Crippen LogP contribution in [0.5, 0.6) is 0 Å². The van der Waals surface area contributed by atoms with Crippen molar-refractivity contribution in [2.45, 2.75) is 38.0 Å². The van der Waals surface area contributed by atoms with E-state index in [1.54, 1.807) is 10.9 Å². The van der Waals surface area contributed by atoms with Crippen molar-refractivity contribution in [1.82, 2.24) is 19.5 Å². The molecule has 4 atom stereocenters. The lowest BCUT2D eigenvalue weighted by atomic mass is 10.1. The number of imidazole rings is 1. The molecule has 4 rings (SSSR count). The van der Waals surface area contributed by atoms with E-state index < -0.39 is 24.5 Å². The number of nitrogens with zero attached hydrogens (tertiary/aromatic N) is 4. The number of benzene rings is 1. The molecule has 0 radical (unpaired) electrons. The summed E-state index contributed by atoms with van der Waals surface area (Å²) in [6.45, 7) is 3.16. The third-order valence-corrected chi connectivity index (χ3v) is 5.48. The zero-order valence-electron chi connectivity index (χ0n) is 15.8. The summed E-state index contributed by atoms with van der Waals surface area (Å²) in [6.07, 6.45) is -0.613. The van der Waals surface area contributed by atoms with Crippen LogP contribution in [0.1, 0.15) is 18.7 Å². The maximum atomic E-state index is 10.5. The first-order valence-electron chi connectivity index (χ1n) is 9.33. The highest BCUT2D eigenvalue weighted by Gasteiger charge is 2.44. The minimum atomic E-state index is -1.12. The quantitative estimate of drug-likeness (QED) is 0.411. The molecule has 0 unspecified atom stereocenters. The Morgan fingerprint density at radius 2 is 2.10 bits per heavy atom. The molecular formula is C19H22IN5O4. The molecule has 0 aliphatic carbocycles. The van der Waals surface area contributed by atoms with Gasteiger partial charge < -0.3 is 25.0 Å². The number of hydrogen-bond acceptors (Lipinski definition) is 8. The summed E-state index contributed by atoms with van der Waals surface area (Å²) < 4.78 is 14.0. The highest BCUT2D eigenvalue weighted by Crippen LogP contribution is 2.32. The zero-order chi connectivity index (χ0) is 20.4. The van der Waals surface area contributed by atoms with Gasteiger partial charge >= 0.3 is 0 Å². The number of anilines is 1. The first-order chi connectivity index (χ1) is 14.1. The Morgan fingerprint density at radius 1 is 1.24 bits per heavy atom. The normalized spacial score (nSPS) is 24.3. The average molecular weight is 511 g/mol. The van der Waals surface area contributed by atoms with E-state index >= 15 is 0 Å². The van der Waals surface area contributed by atoms with Crippen molar-refractivity contribution in [2.24, 2.45) is 0 Å². The summed E-state index contributed by atoms with van der Waals surface area (Å²) in [5.74, 6) is 0.589. The van der Waals surface area contributed by atoms with E-state index in [1.807, 2.05) is 25.1 Å². The van der Waals surface area contributed by atoms with Crippen molar-refractivity contribution in [3.05, 3.63) is 46.1 Å². The summed E-state index contributed by atoms with van der Waals surface area (Å²) in [5, 5.41) is 24.0. The van der Waals surface area contributed by atoms with Gasteiger partial charge in [-0.2, -0.15) is 0 Å². The molecule has 29 heavy (non-hydrogen) atoms. The van der Waals surface area contributed by atoms with Crippen LogP contribution in [0.15, 0.2) is 36.9 Å². The van der Waals surface area contributed by atoms with Gasteiger partial charge in [0, 0.05) is 16.7 Å². The molecule has 154 valence electrons. The molecule has 1 saturated heterocycles. The Bertz CT molecular complexity index is 984. The van der Waals surface area contributed by atoms with Gasteiger partial charge in [0.1, 0.15) is 24.6 Å². The van der Waals surface area contributed by atoms with Crippen molar-refractivity contribution < 1.29 is 19.7 Å². The van der Waals surface area contributed by atoms with Gasteiger partial charge in [0.05, 0.1) is 12.9 Å². The van der Waals surface area contributed by atoms with Gasteiger partial charge in [0.25, 0.3) is 0 Å². The zero-order valence-corrected chi connectivity index (χ0v) is 17.9. The Labute approximate surface area is 181 Å². The van der Waals surface area contributed by atoms with Gasteiger partial charge in [-0.15, -0.1) is 0 Å². The molecular weight excluding hydrogens is 489 g/mol. The molecule has 1 fully saturated rings. The van der Waals surface area contributed by atoms with Crippen LogP contribution in [0.4, 0.5) is 5.82 Å². The van der Waals surface area contributed by atoms with Crippen molar-refractivity contribution in [3.8, 4) is 0 Å². The molecule has 1 aromatic carbocycles. The van der Waals surface area contributed by atoms with Crippen LogP contribution in [-0.2, 0) is 16.0 Å². The second kappa shape index (κ2) is 8.88. The molecule has 9 nitrogen and oxygen atoms in total. The van der Waals surface area contributed by atoms with E-state index in [9.17, 15) is 10.2 Å². The predicted octanol–water partition coefficient (Wildman–Crippen LogP) is 1.70. The topological polar surface area (TPSA) is 115 Å². The van der Waals surface area contributed by atoms with E-state index in [2.05, 4.69) is 48.9 Å². The molecule has 0 bridgehead atoms. The van der Waals surface area contributed by atoms with E-state index in [0.717, 1.165) is 9.13 Å². The van der Waals surface area contributed by atoms with Crippen LogP contribution in [0.25, 0.3) is 11.2 Å². The number of nitrogens with one attached hydrogen (secondary N) is 1. The first kappa shape index (κ1) is 20.4. The van der Waals surface area contributed by atoms with E-state index in [0.29, 0.717) is 30.1 Å². The molecule has 1 aliphatic rings. The molecule has 3 aromatic rings. The number of hydrogen-bond donors (Lipinski definition) is 3. The van der Waals surface area contributed by atoms with Gasteiger partial charge in [-0.25, -0.2) is 15.0 Å². The Hall–Kier alpha value is -1.86. The number of aliphatic hydroxyl groups excluding tert-OH is 2. The Balaban J connectivity index is 1.56. The average Bonchev–Trinajstić information content (AvgIpc) is 3.27. The largest absolute Gasteiger partial charge is 0.387 e. The fourth-order valence-electron chi connectivity index (χ4n) is 3.33. The monoisotopic (exact) mass is 511 g/mol. The van der Waals surface area contributed by atoms with Crippen LogP contribution < -0.4 is 5.32 Å². The number of rotatable bonds is 7. The number of aromatic nitrogens is 4. The lowest BCUT2D eigenvalue weighted by Crippen LogP contribution is -2.33. The van der Waals surface area contributed by atoms with Crippen LogP contribution >= 0.6 is 22.6 Å². The number of fused-ring (bicyclic) bond motifs is 1. The molecule has 1 aliphatic heterocycles. The maximum Gasteiger partial charge on any atom is 0.167 e. The highest BCUT2D eigenvalue weighted by atomic mass is 127. The molecule has 10 heteroatoms. The lowest BCUT2D eigenvalue weighted by molar-refractivity contribution is -0.0638. The third kappa shape index (κ3) is 4.21. The lowest BCUT2D eigenvalue weighted by Gasteiger charge is -2.16. The Morgan fingerprint density at radius 3 is 2.90 bits per heavy atom. The molecule has 0 spiro atoms. The van der Waals surface area contributed by atoms with Crippen LogP contribution in [0, 0.1) is 3.57 Å². The number of ether oxygens (including phenoxy) is 2.